The van der Waals surface area contributed by atoms with Crippen molar-refractivity contribution in [3.8, 4) is 5.69 Å². The molecule has 1 aliphatic heterocycles. The largest absolute Gasteiger partial charge is 0.416 e. The van der Waals surface area contributed by atoms with Gasteiger partial charge in [-0.2, -0.15) is 18.3 Å². The number of carbonyl (C=O) groups excluding carboxylic acids is 1. The molecule has 30 heavy (non-hydrogen) atoms. The summed E-state index contributed by atoms with van der Waals surface area (Å²) in [4.78, 5) is 17.4. The van der Waals surface area contributed by atoms with Gasteiger partial charge in [-0.25, -0.2) is 4.68 Å². The molecule has 1 aromatic heterocycles. The molecule has 1 amide bonds. The third-order valence-electron chi connectivity index (χ3n) is 5.85. The van der Waals surface area contributed by atoms with E-state index in [1.807, 2.05) is 4.90 Å². The summed E-state index contributed by atoms with van der Waals surface area (Å²) in [5.74, 6) is -0.106. The standard InChI is InChI=1S/C22H29F3N4O/c1-5-7-15(2)27-10-12-28(13-11-27)21(30)20-16(3)26-29(17(20)4)19-9-6-8-18(14-19)22(23,24)25/h6,8-9,14-15H,5,7,10-13H2,1-4H3. The SMILES string of the molecule is CCCC(C)N1CCN(C(=O)c2c(C)nn(-c3cccc(C(F)(F)F)c3)c2C)CC1. The highest BCUT2D eigenvalue weighted by Gasteiger charge is 2.32. The normalized spacial score (nSPS) is 16.7. The van der Waals surface area contributed by atoms with Crippen LogP contribution < -0.4 is 0 Å². The molecule has 0 spiro atoms. The van der Waals surface area contributed by atoms with Crippen LogP contribution in [0.5, 0.6) is 0 Å². The first-order chi connectivity index (χ1) is 14.1. The molecule has 1 unspecified atom stereocenters. The molecule has 1 fully saturated rings. The van der Waals surface area contributed by atoms with Gasteiger partial charge in [0.05, 0.1) is 28.2 Å². The fraction of sp³-hybridized carbons (Fsp3) is 0.545. The van der Waals surface area contributed by atoms with Crippen LogP contribution in [-0.2, 0) is 6.18 Å². The van der Waals surface area contributed by atoms with Gasteiger partial charge >= 0.3 is 6.18 Å². The Morgan fingerprint density at radius 1 is 1.17 bits per heavy atom. The molecular formula is C22H29F3N4O. The lowest BCUT2D eigenvalue weighted by molar-refractivity contribution is -0.137. The summed E-state index contributed by atoms with van der Waals surface area (Å²) in [6.45, 7) is 10.8. The third kappa shape index (κ3) is 4.53. The molecule has 164 valence electrons. The highest BCUT2D eigenvalue weighted by Crippen LogP contribution is 2.31. The number of benzene rings is 1. The van der Waals surface area contributed by atoms with Gasteiger partial charge in [0.2, 0.25) is 0 Å². The van der Waals surface area contributed by atoms with Crippen molar-refractivity contribution in [3.05, 3.63) is 46.8 Å². The highest BCUT2D eigenvalue weighted by molar-refractivity contribution is 5.96. The lowest BCUT2D eigenvalue weighted by Gasteiger charge is -2.38. The van der Waals surface area contributed by atoms with Crippen molar-refractivity contribution >= 4 is 5.91 Å². The summed E-state index contributed by atoms with van der Waals surface area (Å²) >= 11 is 0. The molecular weight excluding hydrogens is 393 g/mol. The Bertz CT molecular complexity index is 898. The summed E-state index contributed by atoms with van der Waals surface area (Å²) in [7, 11) is 0. The van der Waals surface area contributed by atoms with Crippen molar-refractivity contribution in [3.63, 3.8) is 0 Å². The van der Waals surface area contributed by atoms with E-state index in [1.54, 1.807) is 19.9 Å². The fourth-order valence-electron chi connectivity index (χ4n) is 4.14. The van der Waals surface area contributed by atoms with E-state index in [4.69, 9.17) is 0 Å². The van der Waals surface area contributed by atoms with Crippen LogP contribution in [0.15, 0.2) is 24.3 Å². The number of hydrogen-bond donors (Lipinski definition) is 0. The molecule has 1 saturated heterocycles. The Balaban J connectivity index is 1.81. The minimum Gasteiger partial charge on any atom is -0.336 e. The average molecular weight is 422 g/mol. The van der Waals surface area contributed by atoms with E-state index in [-0.39, 0.29) is 5.91 Å². The molecule has 8 heteroatoms. The number of aryl methyl sites for hydroxylation is 1. The van der Waals surface area contributed by atoms with Crippen molar-refractivity contribution in [1.29, 1.82) is 0 Å². The van der Waals surface area contributed by atoms with E-state index in [1.165, 1.54) is 10.7 Å². The van der Waals surface area contributed by atoms with E-state index in [0.29, 0.717) is 41.8 Å². The predicted molar refractivity (Wildman–Crippen MR) is 110 cm³/mol. The quantitative estimate of drug-likeness (QED) is 0.715. The smallest absolute Gasteiger partial charge is 0.336 e. The number of amides is 1. The zero-order valence-corrected chi connectivity index (χ0v) is 18.0. The molecule has 1 aliphatic rings. The van der Waals surface area contributed by atoms with E-state index >= 15 is 0 Å². The number of nitrogens with zero attached hydrogens (tertiary/aromatic N) is 4. The molecule has 0 aliphatic carbocycles. The van der Waals surface area contributed by atoms with Crippen molar-refractivity contribution in [1.82, 2.24) is 19.6 Å². The van der Waals surface area contributed by atoms with Crippen LogP contribution in [0.1, 0.15) is 54.0 Å². The number of hydrogen-bond acceptors (Lipinski definition) is 3. The van der Waals surface area contributed by atoms with Crippen LogP contribution in [0.25, 0.3) is 5.69 Å². The lowest BCUT2D eigenvalue weighted by atomic mass is 10.1. The van der Waals surface area contributed by atoms with E-state index in [9.17, 15) is 18.0 Å². The monoisotopic (exact) mass is 422 g/mol. The van der Waals surface area contributed by atoms with Gasteiger partial charge in [-0.3, -0.25) is 9.69 Å². The Kier molecular flexibility index (Phi) is 6.55. The Labute approximate surface area is 175 Å². The van der Waals surface area contributed by atoms with Gasteiger partial charge in [-0.1, -0.05) is 19.4 Å². The second-order valence-corrected chi connectivity index (χ2v) is 7.97. The lowest BCUT2D eigenvalue weighted by Crippen LogP contribution is -2.51. The second-order valence-electron chi connectivity index (χ2n) is 7.97. The summed E-state index contributed by atoms with van der Waals surface area (Å²) < 4.78 is 40.7. The highest BCUT2D eigenvalue weighted by atomic mass is 19.4. The minimum atomic E-state index is -4.43. The summed E-state index contributed by atoms with van der Waals surface area (Å²) in [5, 5.41) is 4.38. The van der Waals surface area contributed by atoms with Gasteiger partial charge < -0.3 is 4.90 Å². The topological polar surface area (TPSA) is 41.4 Å². The molecule has 3 rings (SSSR count). The summed E-state index contributed by atoms with van der Waals surface area (Å²) in [6.07, 6.45) is -2.16. The molecule has 2 aromatic rings. The van der Waals surface area contributed by atoms with Crippen LogP contribution >= 0.6 is 0 Å². The van der Waals surface area contributed by atoms with Gasteiger partial charge in [0.15, 0.2) is 0 Å². The Hall–Kier alpha value is -2.35. The number of rotatable bonds is 5. The second kappa shape index (κ2) is 8.79. The number of alkyl halides is 3. The predicted octanol–water partition coefficient (Wildman–Crippen LogP) is 4.45. The molecule has 5 nitrogen and oxygen atoms in total. The van der Waals surface area contributed by atoms with Gasteiger partial charge in [0, 0.05) is 32.2 Å². The van der Waals surface area contributed by atoms with Gasteiger partial charge in [-0.05, 0) is 45.4 Å². The van der Waals surface area contributed by atoms with Crippen LogP contribution in [0.4, 0.5) is 13.2 Å². The van der Waals surface area contributed by atoms with E-state index in [2.05, 4.69) is 23.8 Å². The third-order valence-corrected chi connectivity index (χ3v) is 5.85. The van der Waals surface area contributed by atoms with Crippen molar-refractivity contribution in [2.75, 3.05) is 26.2 Å². The Morgan fingerprint density at radius 2 is 1.83 bits per heavy atom. The first-order valence-electron chi connectivity index (χ1n) is 10.4. The maximum atomic E-state index is 13.2. The van der Waals surface area contributed by atoms with Crippen LogP contribution in [0.3, 0.4) is 0 Å². The number of carbonyl (C=O) groups is 1. The zero-order chi connectivity index (χ0) is 22.1. The zero-order valence-electron chi connectivity index (χ0n) is 18.0. The molecule has 0 radical (unpaired) electrons. The maximum absolute atomic E-state index is 13.2. The van der Waals surface area contributed by atoms with E-state index in [0.717, 1.165) is 38.1 Å². The van der Waals surface area contributed by atoms with Crippen molar-refractivity contribution in [2.45, 2.75) is 52.8 Å². The molecule has 0 N–H and O–H groups in total. The molecule has 1 aromatic carbocycles. The summed E-state index contributed by atoms with van der Waals surface area (Å²) in [5.41, 5.74) is 1.11. The summed E-state index contributed by atoms with van der Waals surface area (Å²) in [6, 6.07) is 5.50. The minimum absolute atomic E-state index is 0.106. The molecule has 2 heterocycles. The Morgan fingerprint density at radius 3 is 2.43 bits per heavy atom. The van der Waals surface area contributed by atoms with Gasteiger partial charge in [0.1, 0.15) is 0 Å². The van der Waals surface area contributed by atoms with Gasteiger partial charge in [0.25, 0.3) is 5.91 Å². The van der Waals surface area contributed by atoms with Gasteiger partial charge in [-0.15, -0.1) is 0 Å². The maximum Gasteiger partial charge on any atom is 0.416 e. The molecule has 0 saturated carbocycles. The van der Waals surface area contributed by atoms with Crippen molar-refractivity contribution < 1.29 is 18.0 Å². The van der Waals surface area contributed by atoms with Crippen LogP contribution in [0, 0.1) is 13.8 Å². The number of halogens is 3. The molecule has 1 atom stereocenters. The van der Waals surface area contributed by atoms with Crippen molar-refractivity contribution in [2.24, 2.45) is 0 Å². The fourth-order valence-corrected chi connectivity index (χ4v) is 4.14. The first-order valence-corrected chi connectivity index (χ1v) is 10.4. The molecule has 0 bridgehead atoms. The van der Waals surface area contributed by atoms with Crippen LogP contribution in [0.2, 0.25) is 0 Å². The average Bonchev–Trinajstić information content (AvgIpc) is 3.01. The van der Waals surface area contributed by atoms with E-state index < -0.39 is 11.7 Å². The number of aromatic nitrogens is 2. The number of piperazine rings is 1. The van der Waals surface area contributed by atoms with Crippen LogP contribution in [-0.4, -0.2) is 57.7 Å². The first kappa shape index (κ1) is 22.3.